The van der Waals surface area contributed by atoms with Crippen molar-refractivity contribution < 1.29 is 13.5 Å². The molecule has 4 aromatic rings. The highest BCUT2D eigenvalue weighted by molar-refractivity contribution is 5.69. The zero-order valence-corrected chi connectivity index (χ0v) is 20.5. The molecule has 1 aliphatic heterocycles. The van der Waals surface area contributed by atoms with Crippen LogP contribution in [0.25, 0.3) is 16.9 Å². The van der Waals surface area contributed by atoms with Gasteiger partial charge in [-0.2, -0.15) is 10.2 Å². The largest absolute Gasteiger partial charge is 0.482 e. The van der Waals surface area contributed by atoms with E-state index in [9.17, 15) is 8.78 Å². The van der Waals surface area contributed by atoms with Gasteiger partial charge >= 0.3 is 0 Å². The summed E-state index contributed by atoms with van der Waals surface area (Å²) in [5.74, 6) is 1.37. The molecule has 9 heteroatoms. The van der Waals surface area contributed by atoms with E-state index in [-0.39, 0.29) is 5.69 Å². The first-order valence-electron chi connectivity index (χ1n) is 12.2. The van der Waals surface area contributed by atoms with E-state index in [4.69, 9.17) is 15.6 Å². The lowest BCUT2D eigenvalue weighted by Crippen LogP contribution is -2.14. The molecule has 0 spiro atoms. The van der Waals surface area contributed by atoms with Crippen LogP contribution in [0.1, 0.15) is 66.1 Å². The molecule has 3 aromatic heterocycles. The van der Waals surface area contributed by atoms with Gasteiger partial charge in [-0.1, -0.05) is 17.7 Å². The van der Waals surface area contributed by atoms with Crippen molar-refractivity contribution >= 4 is 5.82 Å². The van der Waals surface area contributed by atoms with Gasteiger partial charge in [0.05, 0.1) is 17.1 Å². The molecule has 0 amide bonds. The number of alkyl halides is 2. The molecule has 0 unspecified atom stereocenters. The molecular weight excluding hydrogens is 462 g/mol. The maximum absolute atomic E-state index is 13.8. The summed E-state index contributed by atoms with van der Waals surface area (Å²) in [5, 5.41) is 9.21. The summed E-state index contributed by atoms with van der Waals surface area (Å²) in [7, 11) is 0. The second kappa shape index (κ2) is 8.43. The van der Waals surface area contributed by atoms with Gasteiger partial charge in [-0.15, -0.1) is 0 Å². The Morgan fingerprint density at radius 3 is 2.69 bits per heavy atom. The molecule has 2 aliphatic rings. The van der Waals surface area contributed by atoms with Gasteiger partial charge in [-0.05, 0) is 57.7 Å². The number of nitrogens with zero attached hydrogens (tertiary/aromatic N) is 5. The molecule has 2 bridgehead atoms. The van der Waals surface area contributed by atoms with Gasteiger partial charge in [0, 0.05) is 41.5 Å². The number of nitrogen functional groups attached to an aromatic ring is 1. The van der Waals surface area contributed by atoms with Crippen molar-refractivity contribution in [3.63, 3.8) is 0 Å². The van der Waals surface area contributed by atoms with E-state index in [0.717, 1.165) is 40.2 Å². The molecule has 1 aliphatic carbocycles. The first-order chi connectivity index (χ1) is 17.3. The summed E-state index contributed by atoms with van der Waals surface area (Å²) in [4.78, 5) is 4.45. The Hall–Kier alpha value is -3.75. The predicted octanol–water partition coefficient (Wildman–Crippen LogP) is 5.72. The van der Waals surface area contributed by atoms with Gasteiger partial charge in [-0.3, -0.25) is 4.68 Å². The summed E-state index contributed by atoms with van der Waals surface area (Å²) >= 11 is 0. The Bertz CT molecular complexity index is 1470. The normalized spacial score (nSPS) is 17.0. The quantitative estimate of drug-likeness (QED) is 0.397. The third-order valence-corrected chi connectivity index (χ3v) is 7.07. The molecule has 1 aromatic carbocycles. The van der Waals surface area contributed by atoms with Crippen LogP contribution < -0.4 is 10.5 Å². The molecule has 186 valence electrons. The molecule has 0 radical (unpaired) electrons. The van der Waals surface area contributed by atoms with Crippen molar-refractivity contribution in [1.29, 1.82) is 0 Å². The van der Waals surface area contributed by atoms with Crippen LogP contribution >= 0.6 is 0 Å². The van der Waals surface area contributed by atoms with E-state index in [0.29, 0.717) is 35.3 Å². The number of aromatic nitrogens is 5. The number of fused-ring (bicyclic) bond motifs is 7. The van der Waals surface area contributed by atoms with Crippen LogP contribution in [0.2, 0.25) is 0 Å². The zero-order chi connectivity index (χ0) is 25.1. The summed E-state index contributed by atoms with van der Waals surface area (Å²) in [5.41, 5.74) is 12.8. The van der Waals surface area contributed by atoms with E-state index in [1.54, 1.807) is 10.9 Å². The van der Waals surface area contributed by atoms with Crippen LogP contribution in [-0.2, 0) is 13.0 Å². The van der Waals surface area contributed by atoms with Crippen LogP contribution in [0.5, 0.6) is 5.75 Å². The first-order valence-corrected chi connectivity index (χ1v) is 12.2. The van der Waals surface area contributed by atoms with Crippen molar-refractivity contribution in [1.82, 2.24) is 24.5 Å². The molecular formula is C27H28F2N6O. The van der Waals surface area contributed by atoms with Crippen molar-refractivity contribution in [2.75, 3.05) is 5.73 Å². The fourth-order valence-electron chi connectivity index (χ4n) is 5.02. The van der Waals surface area contributed by atoms with Crippen molar-refractivity contribution in [2.45, 2.75) is 59.1 Å². The maximum atomic E-state index is 13.8. The van der Waals surface area contributed by atoms with Crippen molar-refractivity contribution in [2.24, 2.45) is 5.92 Å². The fraction of sp³-hybridized carbons (Fsp3) is 0.370. The lowest BCUT2D eigenvalue weighted by atomic mass is 10.0. The lowest BCUT2D eigenvalue weighted by Gasteiger charge is -2.22. The topological polar surface area (TPSA) is 83.8 Å². The Kier molecular flexibility index (Phi) is 5.31. The number of hydrogen-bond donors (Lipinski definition) is 1. The van der Waals surface area contributed by atoms with Gasteiger partial charge in [0.15, 0.2) is 11.6 Å². The smallest absolute Gasteiger partial charge is 0.282 e. The minimum absolute atomic E-state index is 0.254. The van der Waals surface area contributed by atoms with Crippen molar-refractivity contribution in [3.05, 3.63) is 70.3 Å². The third-order valence-electron chi connectivity index (χ3n) is 7.07. The van der Waals surface area contributed by atoms with Gasteiger partial charge < -0.3 is 10.5 Å². The Morgan fingerprint density at radius 2 is 1.94 bits per heavy atom. The number of benzene rings is 1. The minimum Gasteiger partial charge on any atom is -0.482 e. The molecule has 2 N–H and O–H groups in total. The average molecular weight is 491 g/mol. The molecule has 1 saturated carbocycles. The van der Waals surface area contributed by atoms with Gasteiger partial charge in [0.2, 0.25) is 0 Å². The highest BCUT2D eigenvalue weighted by Gasteiger charge is 2.29. The molecule has 1 atom stereocenters. The number of aryl methyl sites for hydroxylation is 2. The number of hydrogen-bond acceptors (Lipinski definition) is 5. The van der Waals surface area contributed by atoms with Gasteiger partial charge in [0.25, 0.3) is 6.43 Å². The number of anilines is 1. The van der Waals surface area contributed by atoms with Crippen LogP contribution in [0.4, 0.5) is 14.6 Å². The van der Waals surface area contributed by atoms with E-state index in [1.807, 2.05) is 49.7 Å². The summed E-state index contributed by atoms with van der Waals surface area (Å²) < 4.78 is 37.7. The third kappa shape index (κ3) is 3.92. The number of ether oxygens (including phenoxy) is 1. The monoisotopic (exact) mass is 490 g/mol. The average Bonchev–Trinajstić information content (AvgIpc) is 3.47. The number of pyridine rings is 1. The Morgan fingerprint density at radius 1 is 1.14 bits per heavy atom. The lowest BCUT2D eigenvalue weighted by molar-refractivity contribution is 0.145. The first kappa shape index (κ1) is 22.7. The molecule has 1 fully saturated rings. The van der Waals surface area contributed by atoms with E-state index in [1.165, 1.54) is 18.9 Å². The van der Waals surface area contributed by atoms with Gasteiger partial charge in [0.1, 0.15) is 11.8 Å². The number of rotatable bonds is 3. The van der Waals surface area contributed by atoms with Crippen LogP contribution in [0.3, 0.4) is 0 Å². The number of nitrogens with two attached hydrogens (primary N) is 1. The van der Waals surface area contributed by atoms with E-state index < -0.39 is 12.5 Å². The minimum atomic E-state index is -2.68. The summed E-state index contributed by atoms with van der Waals surface area (Å²) in [6, 6.07) is 9.27. The maximum Gasteiger partial charge on any atom is 0.282 e. The molecule has 36 heavy (non-hydrogen) atoms. The zero-order valence-electron chi connectivity index (χ0n) is 20.5. The highest BCUT2D eigenvalue weighted by Crippen LogP contribution is 2.39. The van der Waals surface area contributed by atoms with Crippen LogP contribution in [0, 0.1) is 19.8 Å². The SMILES string of the molecule is Cc1ccc2c(c1)[C@@H](C)Oc1cc(cnc1N)-c1c(c(C)nn1CC1CC1)Cc1cc(C(F)F)nn1-2. The molecule has 7 nitrogen and oxygen atoms in total. The van der Waals surface area contributed by atoms with E-state index in [2.05, 4.69) is 10.1 Å². The van der Waals surface area contributed by atoms with Crippen molar-refractivity contribution in [3.8, 4) is 22.7 Å². The van der Waals surface area contributed by atoms with Crippen LogP contribution in [-0.4, -0.2) is 24.5 Å². The molecule has 4 heterocycles. The summed E-state index contributed by atoms with van der Waals surface area (Å²) in [6.07, 6.45) is 1.39. The molecule has 6 rings (SSSR count). The summed E-state index contributed by atoms with van der Waals surface area (Å²) in [6.45, 7) is 6.67. The van der Waals surface area contributed by atoms with Gasteiger partial charge in [-0.25, -0.2) is 18.4 Å². The van der Waals surface area contributed by atoms with Crippen LogP contribution in [0.15, 0.2) is 36.5 Å². The predicted molar refractivity (Wildman–Crippen MR) is 132 cm³/mol. The Labute approximate surface area is 207 Å². The number of halogens is 2. The molecule has 0 saturated heterocycles. The second-order valence-corrected chi connectivity index (χ2v) is 9.92. The Balaban J connectivity index is 1.63. The highest BCUT2D eigenvalue weighted by atomic mass is 19.3. The van der Waals surface area contributed by atoms with E-state index >= 15 is 0 Å². The standard InChI is InChI=1S/C27H28F2N6O/c1-14-4-7-23-21(8-14)16(3)36-24-9-18(12-31-27(24)30)25-20(15(2)32-34(25)13-17-5-6-17)10-19-11-22(26(28)29)33-35(19)23/h4,7-9,11-12,16-17,26H,5-6,10,13H2,1-3H3,(H2,30,31)/t16-/m1/s1. The fourth-order valence-corrected chi connectivity index (χ4v) is 5.02. The second-order valence-electron chi connectivity index (χ2n) is 9.92.